The molecule has 1 heterocycles. The average Bonchev–Trinajstić information content (AvgIpc) is 2.47. The third-order valence-corrected chi connectivity index (χ3v) is 2.36. The van der Waals surface area contributed by atoms with Gasteiger partial charge in [-0.25, -0.2) is 9.78 Å². The van der Waals surface area contributed by atoms with Crippen molar-refractivity contribution in [2.75, 3.05) is 7.11 Å². The van der Waals surface area contributed by atoms with Crippen molar-refractivity contribution in [3.05, 3.63) is 41.7 Å². The van der Waals surface area contributed by atoms with Crippen molar-refractivity contribution in [3.63, 3.8) is 0 Å². The van der Waals surface area contributed by atoms with Crippen molar-refractivity contribution in [1.29, 1.82) is 5.26 Å². The standard InChI is InChI=1S/C13H9N3O4/c1-19-11-6-8(12(17)18)2-3-10(11)20-13-15-5-4-9(7-14)16-13/h2-6H,1H3,(H,17,18). The van der Waals surface area contributed by atoms with E-state index < -0.39 is 5.97 Å². The number of rotatable bonds is 4. The molecule has 0 radical (unpaired) electrons. The summed E-state index contributed by atoms with van der Waals surface area (Å²) in [7, 11) is 1.39. The van der Waals surface area contributed by atoms with Crippen LogP contribution in [0.3, 0.4) is 0 Å². The average molecular weight is 271 g/mol. The molecule has 0 fully saturated rings. The van der Waals surface area contributed by atoms with Crippen LogP contribution in [-0.2, 0) is 0 Å². The molecule has 0 aliphatic rings. The van der Waals surface area contributed by atoms with Crippen LogP contribution in [0.15, 0.2) is 30.5 Å². The van der Waals surface area contributed by atoms with E-state index in [1.807, 2.05) is 6.07 Å². The molecule has 0 saturated heterocycles. The van der Waals surface area contributed by atoms with Gasteiger partial charge < -0.3 is 14.6 Å². The van der Waals surface area contributed by atoms with Gasteiger partial charge in [0.1, 0.15) is 11.8 Å². The molecule has 2 aromatic rings. The number of nitrogens with zero attached hydrogens (tertiary/aromatic N) is 3. The lowest BCUT2D eigenvalue weighted by molar-refractivity contribution is 0.0696. The fourth-order valence-electron chi connectivity index (χ4n) is 1.44. The number of aromatic carboxylic acids is 1. The smallest absolute Gasteiger partial charge is 0.335 e. The molecule has 0 aliphatic carbocycles. The minimum atomic E-state index is -1.07. The highest BCUT2D eigenvalue weighted by atomic mass is 16.5. The summed E-state index contributed by atoms with van der Waals surface area (Å²) in [5, 5.41) is 17.6. The van der Waals surface area contributed by atoms with E-state index in [0.717, 1.165) is 0 Å². The van der Waals surface area contributed by atoms with Gasteiger partial charge in [-0.15, -0.1) is 0 Å². The van der Waals surface area contributed by atoms with Crippen LogP contribution >= 0.6 is 0 Å². The van der Waals surface area contributed by atoms with Crippen LogP contribution in [0.1, 0.15) is 16.1 Å². The van der Waals surface area contributed by atoms with E-state index in [4.69, 9.17) is 19.8 Å². The molecule has 100 valence electrons. The fourth-order valence-corrected chi connectivity index (χ4v) is 1.44. The Morgan fingerprint density at radius 2 is 2.15 bits per heavy atom. The summed E-state index contributed by atoms with van der Waals surface area (Å²) in [5.41, 5.74) is 0.233. The highest BCUT2D eigenvalue weighted by Crippen LogP contribution is 2.30. The summed E-state index contributed by atoms with van der Waals surface area (Å²) in [5.74, 6) is -0.582. The van der Waals surface area contributed by atoms with E-state index in [1.54, 1.807) is 0 Å². The van der Waals surface area contributed by atoms with Crippen molar-refractivity contribution in [1.82, 2.24) is 9.97 Å². The Kier molecular flexibility index (Phi) is 3.77. The van der Waals surface area contributed by atoms with Crippen molar-refractivity contribution >= 4 is 5.97 Å². The summed E-state index contributed by atoms with van der Waals surface area (Å²) >= 11 is 0. The lowest BCUT2D eigenvalue weighted by Crippen LogP contribution is -1.99. The number of nitriles is 1. The Balaban J connectivity index is 2.33. The zero-order chi connectivity index (χ0) is 14.5. The van der Waals surface area contributed by atoms with Gasteiger partial charge in [-0.3, -0.25) is 0 Å². The Bertz CT molecular complexity index is 694. The number of hydrogen-bond donors (Lipinski definition) is 1. The number of aromatic nitrogens is 2. The van der Waals surface area contributed by atoms with Gasteiger partial charge >= 0.3 is 12.0 Å². The van der Waals surface area contributed by atoms with Gasteiger partial charge in [0, 0.05) is 6.20 Å². The first-order valence-electron chi connectivity index (χ1n) is 5.46. The zero-order valence-corrected chi connectivity index (χ0v) is 10.4. The molecule has 0 unspecified atom stereocenters. The van der Waals surface area contributed by atoms with Crippen LogP contribution in [0.25, 0.3) is 0 Å². The molecule has 0 atom stereocenters. The highest BCUT2D eigenvalue weighted by molar-refractivity contribution is 5.88. The number of carboxylic acid groups (broad SMARTS) is 1. The summed E-state index contributed by atoms with van der Waals surface area (Å²) in [4.78, 5) is 18.6. The van der Waals surface area contributed by atoms with Crippen molar-refractivity contribution in [2.45, 2.75) is 0 Å². The maximum absolute atomic E-state index is 10.9. The molecule has 0 spiro atoms. The topological polar surface area (TPSA) is 105 Å². The van der Waals surface area contributed by atoms with E-state index in [2.05, 4.69) is 9.97 Å². The summed E-state index contributed by atoms with van der Waals surface area (Å²) in [6.07, 6.45) is 1.39. The number of carbonyl (C=O) groups is 1. The molecule has 7 heteroatoms. The fraction of sp³-hybridized carbons (Fsp3) is 0.0769. The SMILES string of the molecule is COc1cc(C(=O)O)ccc1Oc1nccc(C#N)n1. The van der Waals surface area contributed by atoms with Gasteiger partial charge in [-0.2, -0.15) is 10.2 Å². The Labute approximate surface area is 114 Å². The maximum Gasteiger partial charge on any atom is 0.335 e. The van der Waals surface area contributed by atoms with Crippen LogP contribution in [0.5, 0.6) is 17.5 Å². The number of carboxylic acids is 1. The molecule has 7 nitrogen and oxygen atoms in total. The lowest BCUT2D eigenvalue weighted by atomic mass is 10.2. The predicted octanol–water partition coefficient (Wildman–Crippen LogP) is 1.85. The number of benzene rings is 1. The molecule has 0 bridgehead atoms. The van der Waals surface area contributed by atoms with Crippen LogP contribution in [0, 0.1) is 11.3 Å². The van der Waals surface area contributed by atoms with Crippen LogP contribution in [-0.4, -0.2) is 28.2 Å². The molecular formula is C13H9N3O4. The van der Waals surface area contributed by atoms with Gasteiger partial charge in [-0.1, -0.05) is 0 Å². The van der Waals surface area contributed by atoms with Crippen molar-refractivity contribution < 1.29 is 19.4 Å². The molecule has 20 heavy (non-hydrogen) atoms. The van der Waals surface area contributed by atoms with Gasteiger partial charge in [0.2, 0.25) is 0 Å². The summed E-state index contributed by atoms with van der Waals surface area (Å²) in [6, 6.07) is 7.41. The van der Waals surface area contributed by atoms with E-state index in [9.17, 15) is 4.79 Å². The van der Waals surface area contributed by atoms with Crippen LogP contribution < -0.4 is 9.47 Å². The Morgan fingerprint density at radius 3 is 2.80 bits per heavy atom. The van der Waals surface area contributed by atoms with E-state index >= 15 is 0 Å². The minimum absolute atomic E-state index is 0.0228. The van der Waals surface area contributed by atoms with Crippen molar-refractivity contribution in [2.24, 2.45) is 0 Å². The second-order valence-corrected chi connectivity index (χ2v) is 3.61. The summed E-state index contributed by atoms with van der Waals surface area (Å²) < 4.78 is 10.4. The zero-order valence-electron chi connectivity index (χ0n) is 10.4. The summed E-state index contributed by atoms with van der Waals surface area (Å²) in [6.45, 7) is 0. The number of ether oxygens (including phenoxy) is 2. The molecule has 0 amide bonds. The monoisotopic (exact) mass is 271 g/mol. The quantitative estimate of drug-likeness (QED) is 0.904. The largest absolute Gasteiger partial charge is 0.493 e. The van der Waals surface area contributed by atoms with Crippen LogP contribution in [0.4, 0.5) is 0 Å². The Morgan fingerprint density at radius 1 is 1.35 bits per heavy atom. The van der Waals surface area contributed by atoms with Gasteiger partial charge in [0.15, 0.2) is 11.5 Å². The van der Waals surface area contributed by atoms with Gasteiger partial charge in [0.05, 0.1) is 12.7 Å². The van der Waals surface area contributed by atoms with Gasteiger partial charge in [0.25, 0.3) is 0 Å². The van der Waals surface area contributed by atoms with Crippen LogP contribution in [0.2, 0.25) is 0 Å². The molecule has 1 aromatic carbocycles. The number of methoxy groups -OCH3 is 1. The first-order chi connectivity index (χ1) is 9.63. The molecule has 0 aliphatic heterocycles. The normalized spacial score (nSPS) is 9.60. The van der Waals surface area contributed by atoms with E-state index in [-0.39, 0.29) is 28.8 Å². The highest BCUT2D eigenvalue weighted by Gasteiger charge is 2.12. The minimum Gasteiger partial charge on any atom is -0.493 e. The van der Waals surface area contributed by atoms with E-state index in [0.29, 0.717) is 0 Å². The molecule has 0 saturated carbocycles. The van der Waals surface area contributed by atoms with Gasteiger partial charge in [-0.05, 0) is 24.3 Å². The molecule has 1 aromatic heterocycles. The third kappa shape index (κ3) is 2.81. The first kappa shape index (κ1) is 13.3. The second kappa shape index (κ2) is 5.67. The Hall–Kier alpha value is -3.14. The molecule has 2 rings (SSSR count). The van der Waals surface area contributed by atoms with Crippen molar-refractivity contribution in [3.8, 4) is 23.6 Å². The second-order valence-electron chi connectivity index (χ2n) is 3.61. The maximum atomic E-state index is 10.9. The lowest BCUT2D eigenvalue weighted by Gasteiger charge is -2.09. The third-order valence-electron chi connectivity index (χ3n) is 2.36. The predicted molar refractivity (Wildman–Crippen MR) is 66.8 cm³/mol. The van der Waals surface area contributed by atoms with E-state index in [1.165, 1.54) is 37.6 Å². The first-order valence-corrected chi connectivity index (χ1v) is 5.46. The molecular weight excluding hydrogens is 262 g/mol. The number of hydrogen-bond acceptors (Lipinski definition) is 6. The molecule has 1 N–H and O–H groups in total.